The fourth-order valence-corrected chi connectivity index (χ4v) is 8.18. The average Bonchev–Trinajstić information content (AvgIpc) is 3.62. The van der Waals surface area contributed by atoms with Crippen LogP contribution in [-0.2, 0) is 19.1 Å². The summed E-state index contributed by atoms with van der Waals surface area (Å²) in [6.07, 6.45) is 14.2. The van der Waals surface area contributed by atoms with E-state index in [0.29, 0.717) is 23.3 Å². The van der Waals surface area contributed by atoms with E-state index in [1.54, 1.807) is 29.2 Å². The van der Waals surface area contributed by atoms with Gasteiger partial charge in [0.05, 0.1) is 17.9 Å². The Balaban J connectivity index is 1.23. The first-order chi connectivity index (χ1) is 19.9. The van der Waals surface area contributed by atoms with Crippen LogP contribution in [0.3, 0.4) is 0 Å². The highest BCUT2D eigenvalue weighted by atomic mass is 35.5. The summed E-state index contributed by atoms with van der Waals surface area (Å²) < 4.78 is 6.50. The maximum Gasteiger partial charge on any atom is 0.246 e. The van der Waals surface area contributed by atoms with Crippen LogP contribution < -0.4 is 10.6 Å². The number of piperidine rings is 1. The third-order valence-corrected chi connectivity index (χ3v) is 10.3. The van der Waals surface area contributed by atoms with Crippen LogP contribution in [0, 0.1) is 11.8 Å². The Hall–Kier alpha value is -2.42. The second kappa shape index (κ2) is 12.1. The van der Waals surface area contributed by atoms with Crippen LogP contribution in [0.5, 0.6) is 0 Å². The molecule has 5 aliphatic rings. The first-order valence-electron chi connectivity index (χ1n) is 15.7. The fourth-order valence-electron chi connectivity index (χ4n) is 8.05. The van der Waals surface area contributed by atoms with E-state index < -0.39 is 29.6 Å². The molecular formula is C32H43ClN4O4. The number of halogens is 1. The van der Waals surface area contributed by atoms with Gasteiger partial charge in [-0.15, -0.1) is 0 Å². The molecule has 2 bridgehead atoms. The zero-order valence-corrected chi connectivity index (χ0v) is 24.8. The van der Waals surface area contributed by atoms with Crippen molar-refractivity contribution in [1.29, 1.82) is 0 Å². The highest BCUT2D eigenvalue weighted by molar-refractivity contribution is 6.30. The molecule has 6 atom stereocenters. The Morgan fingerprint density at radius 3 is 2.54 bits per heavy atom. The molecule has 9 heteroatoms. The predicted octanol–water partition coefficient (Wildman–Crippen LogP) is 4.53. The van der Waals surface area contributed by atoms with Gasteiger partial charge in [0.1, 0.15) is 11.6 Å². The van der Waals surface area contributed by atoms with Crippen molar-refractivity contribution < 1.29 is 19.1 Å². The summed E-state index contributed by atoms with van der Waals surface area (Å²) in [6, 6.07) is 6.85. The number of hydrogen-bond donors (Lipinski definition) is 2. The summed E-state index contributed by atoms with van der Waals surface area (Å²) in [6.45, 7) is 4.70. The number of rotatable bonds is 9. The molecule has 1 aliphatic carbocycles. The van der Waals surface area contributed by atoms with Gasteiger partial charge in [0.25, 0.3) is 0 Å². The number of ether oxygens (including phenoxy) is 1. The molecule has 4 aliphatic heterocycles. The van der Waals surface area contributed by atoms with Crippen molar-refractivity contribution in [2.24, 2.45) is 11.8 Å². The predicted molar refractivity (Wildman–Crippen MR) is 158 cm³/mol. The van der Waals surface area contributed by atoms with Gasteiger partial charge in [0.2, 0.25) is 17.7 Å². The SMILES string of the molecule is CCC1CCCCN1CCCN1C(=O)C2C(C(=O)Nc3ccc(Cl)cc3)C3C=CC2(O3)C1C(=O)NC1CCCCC1. The second-order valence-corrected chi connectivity index (χ2v) is 13.0. The van der Waals surface area contributed by atoms with Gasteiger partial charge in [-0.05, 0) is 69.3 Å². The van der Waals surface area contributed by atoms with Crippen molar-refractivity contribution in [2.45, 2.75) is 101 Å². The molecule has 4 heterocycles. The maximum atomic E-state index is 14.2. The minimum Gasteiger partial charge on any atom is -0.359 e. The van der Waals surface area contributed by atoms with E-state index in [4.69, 9.17) is 16.3 Å². The van der Waals surface area contributed by atoms with E-state index in [2.05, 4.69) is 22.5 Å². The topological polar surface area (TPSA) is 91.0 Å². The lowest BCUT2D eigenvalue weighted by molar-refractivity contribution is -0.141. The van der Waals surface area contributed by atoms with Crippen LogP contribution in [0.15, 0.2) is 36.4 Å². The molecule has 1 aromatic carbocycles. The van der Waals surface area contributed by atoms with Crippen LogP contribution in [0.4, 0.5) is 5.69 Å². The number of amides is 3. The first-order valence-corrected chi connectivity index (χ1v) is 16.1. The molecular weight excluding hydrogens is 540 g/mol. The van der Waals surface area contributed by atoms with Crippen molar-refractivity contribution in [3.63, 3.8) is 0 Å². The summed E-state index contributed by atoms with van der Waals surface area (Å²) >= 11 is 6.02. The van der Waals surface area contributed by atoms with Crippen molar-refractivity contribution in [2.75, 3.05) is 25.0 Å². The van der Waals surface area contributed by atoms with E-state index in [1.807, 2.05) is 12.2 Å². The number of carbonyl (C=O) groups is 3. The highest BCUT2D eigenvalue weighted by Gasteiger charge is 2.72. The van der Waals surface area contributed by atoms with Gasteiger partial charge in [0, 0.05) is 35.9 Å². The third kappa shape index (κ3) is 5.43. The van der Waals surface area contributed by atoms with Gasteiger partial charge in [-0.1, -0.05) is 56.4 Å². The Bertz CT molecular complexity index is 1170. The summed E-state index contributed by atoms with van der Waals surface area (Å²) in [5, 5.41) is 6.81. The molecule has 3 saturated heterocycles. The number of benzene rings is 1. The molecule has 1 aromatic rings. The van der Waals surface area contributed by atoms with Gasteiger partial charge in [-0.25, -0.2) is 0 Å². The van der Waals surface area contributed by atoms with E-state index >= 15 is 0 Å². The molecule has 41 heavy (non-hydrogen) atoms. The molecule has 6 rings (SSSR count). The van der Waals surface area contributed by atoms with Crippen LogP contribution in [0.1, 0.15) is 71.1 Å². The van der Waals surface area contributed by atoms with Gasteiger partial charge in [-0.3, -0.25) is 14.4 Å². The van der Waals surface area contributed by atoms with Crippen molar-refractivity contribution >= 4 is 35.0 Å². The number of carbonyl (C=O) groups excluding carboxylic acids is 3. The third-order valence-electron chi connectivity index (χ3n) is 10.1. The van der Waals surface area contributed by atoms with Gasteiger partial charge in [0.15, 0.2) is 0 Å². The molecule has 3 amide bonds. The smallest absolute Gasteiger partial charge is 0.246 e. The number of nitrogens with zero attached hydrogens (tertiary/aromatic N) is 2. The van der Waals surface area contributed by atoms with Crippen LogP contribution in [-0.4, -0.2) is 77.0 Å². The standard InChI is InChI=1S/C32H43ClN4O4/c1-2-24-11-6-7-18-36(24)19-8-20-37-28(30(39)35-22-9-4-3-5-10-22)32-17-16-25(41-32)26(27(32)31(37)40)29(38)34-23-14-12-21(33)13-15-23/h12-17,22,24-28H,2-11,18-20H2,1H3,(H,34,38)(H,35,39). The van der Waals surface area contributed by atoms with E-state index in [-0.39, 0.29) is 23.8 Å². The van der Waals surface area contributed by atoms with Crippen molar-refractivity contribution in [1.82, 2.24) is 15.1 Å². The second-order valence-electron chi connectivity index (χ2n) is 12.5. The molecule has 6 unspecified atom stereocenters. The largest absolute Gasteiger partial charge is 0.359 e. The molecule has 4 fully saturated rings. The normalized spacial score (nSPS) is 33.3. The molecule has 222 valence electrons. The lowest BCUT2D eigenvalue weighted by Crippen LogP contribution is -2.56. The Labute approximate surface area is 248 Å². The monoisotopic (exact) mass is 582 g/mol. The van der Waals surface area contributed by atoms with E-state index in [1.165, 1.54) is 25.7 Å². The van der Waals surface area contributed by atoms with Gasteiger partial charge < -0.3 is 25.2 Å². The lowest BCUT2D eigenvalue weighted by Gasteiger charge is -2.36. The minimum atomic E-state index is -1.13. The Morgan fingerprint density at radius 2 is 1.78 bits per heavy atom. The molecule has 8 nitrogen and oxygen atoms in total. The number of likely N-dealkylation sites (tertiary alicyclic amines) is 2. The van der Waals surface area contributed by atoms with Crippen molar-refractivity contribution in [3.05, 3.63) is 41.4 Å². The minimum absolute atomic E-state index is 0.119. The summed E-state index contributed by atoms with van der Waals surface area (Å²) in [7, 11) is 0. The number of fused-ring (bicyclic) bond motifs is 1. The van der Waals surface area contributed by atoms with Gasteiger partial charge >= 0.3 is 0 Å². The summed E-state index contributed by atoms with van der Waals surface area (Å²) in [5.74, 6) is -2.01. The molecule has 1 spiro atoms. The summed E-state index contributed by atoms with van der Waals surface area (Å²) in [5.41, 5.74) is -0.513. The fraction of sp³-hybridized carbons (Fsp3) is 0.656. The van der Waals surface area contributed by atoms with Crippen LogP contribution in [0.2, 0.25) is 5.02 Å². The zero-order chi connectivity index (χ0) is 28.6. The van der Waals surface area contributed by atoms with Crippen molar-refractivity contribution in [3.8, 4) is 0 Å². The zero-order valence-electron chi connectivity index (χ0n) is 24.0. The molecule has 2 N–H and O–H groups in total. The molecule has 0 radical (unpaired) electrons. The molecule has 0 aromatic heterocycles. The van der Waals surface area contributed by atoms with Gasteiger partial charge in [-0.2, -0.15) is 0 Å². The Morgan fingerprint density at radius 1 is 1.02 bits per heavy atom. The quantitative estimate of drug-likeness (QED) is 0.418. The number of anilines is 1. The molecule has 1 saturated carbocycles. The highest BCUT2D eigenvalue weighted by Crippen LogP contribution is 2.55. The first kappa shape index (κ1) is 28.7. The Kier molecular flexibility index (Phi) is 8.44. The van der Waals surface area contributed by atoms with Crippen LogP contribution >= 0.6 is 11.6 Å². The number of nitrogens with one attached hydrogen (secondary N) is 2. The lowest BCUT2D eigenvalue weighted by atomic mass is 9.74. The van der Waals surface area contributed by atoms with E-state index in [0.717, 1.165) is 51.6 Å². The van der Waals surface area contributed by atoms with Crippen LogP contribution in [0.25, 0.3) is 0 Å². The maximum absolute atomic E-state index is 14.2. The number of hydrogen-bond acceptors (Lipinski definition) is 5. The van der Waals surface area contributed by atoms with E-state index in [9.17, 15) is 14.4 Å². The summed E-state index contributed by atoms with van der Waals surface area (Å²) in [4.78, 5) is 46.1. The average molecular weight is 583 g/mol.